The summed E-state index contributed by atoms with van der Waals surface area (Å²) in [6, 6.07) is 15.0. The van der Waals surface area contributed by atoms with E-state index in [0.717, 1.165) is 31.2 Å². The van der Waals surface area contributed by atoms with Gasteiger partial charge in [-0.1, -0.05) is 62.8 Å². The zero-order valence-corrected chi connectivity index (χ0v) is 23.7. The fraction of sp³-hybridized carbons (Fsp3) is 0.533. The van der Waals surface area contributed by atoms with E-state index in [1.54, 1.807) is 24.3 Å². The van der Waals surface area contributed by atoms with Crippen LogP contribution in [0.5, 0.6) is 0 Å². The van der Waals surface area contributed by atoms with Crippen molar-refractivity contribution in [3.63, 3.8) is 0 Å². The van der Waals surface area contributed by atoms with Gasteiger partial charge in [-0.25, -0.2) is 13.2 Å². The maximum atomic E-state index is 13.0. The highest BCUT2D eigenvalue weighted by atomic mass is 32.2. The molecule has 0 spiro atoms. The number of anilines is 1. The molecule has 3 fully saturated rings. The SMILES string of the molecule is O=C(NC1CCCCC1)C1(c2ccc(NS(=O)(=O)c3ccc(C4CCCCC4)cc3)cc2)CC1.O=C(O)C(F)(F)F. The summed E-state index contributed by atoms with van der Waals surface area (Å²) in [5.74, 6) is -2.07. The Hall–Kier alpha value is -3.08. The summed E-state index contributed by atoms with van der Waals surface area (Å²) in [5.41, 5.74) is 2.29. The zero-order chi connectivity index (χ0) is 29.7. The van der Waals surface area contributed by atoms with Crippen LogP contribution in [0.2, 0.25) is 0 Å². The van der Waals surface area contributed by atoms with Crippen molar-refractivity contribution in [3.8, 4) is 0 Å². The number of hydrogen-bond acceptors (Lipinski definition) is 4. The number of carbonyl (C=O) groups is 2. The van der Waals surface area contributed by atoms with E-state index >= 15 is 0 Å². The second-order valence-corrected chi connectivity index (χ2v) is 13.0. The summed E-state index contributed by atoms with van der Waals surface area (Å²) in [4.78, 5) is 22.2. The quantitative estimate of drug-likeness (QED) is 0.332. The molecule has 1 amide bonds. The van der Waals surface area contributed by atoms with E-state index in [-0.39, 0.29) is 10.8 Å². The minimum atomic E-state index is -5.08. The molecule has 2 aromatic rings. The third kappa shape index (κ3) is 8.02. The Morgan fingerprint density at radius 2 is 1.32 bits per heavy atom. The van der Waals surface area contributed by atoms with Gasteiger partial charge in [0.05, 0.1) is 10.3 Å². The number of aliphatic carboxylic acids is 1. The molecule has 0 bridgehead atoms. The van der Waals surface area contributed by atoms with Crippen LogP contribution in [0.4, 0.5) is 18.9 Å². The van der Waals surface area contributed by atoms with Crippen LogP contribution in [0, 0.1) is 0 Å². The van der Waals surface area contributed by atoms with Gasteiger partial charge in [0.15, 0.2) is 0 Å². The third-order valence-electron chi connectivity index (χ3n) is 8.32. The molecule has 3 saturated carbocycles. The van der Waals surface area contributed by atoms with Gasteiger partial charge in [0.1, 0.15) is 0 Å². The number of carboxylic acids is 1. The molecule has 5 rings (SSSR count). The summed E-state index contributed by atoms with van der Waals surface area (Å²) in [6.45, 7) is 0. The van der Waals surface area contributed by atoms with Gasteiger partial charge in [0.25, 0.3) is 10.0 Å². The predicted octanol–water partition coefficient (Wildman–Crippen LogP) is 6.65. The van der Waals surface area contributed by atoms with E-state index in [0.29, 0.717) is 17.6 Å². The third-order valence-corrected chi connectivity index (χ3v) is 9.72. The first-order valence-electron chi connectivity index (χ1n) is 14.3. The number of carbonyl (C=O) groups excluding carboxylic acids is 1. The van der Waals surface area contributed by atoms with E-state index in [4.69, 9.17) is 9.90 Å². The fourth-order valence-electron chi connectivity index (χ4n) is 5.77. The van der Waals surface area contributed by atoms with Crippen molar-refractivity contribution in [1.82, 2.24) is 5.32 Å². The first-order chi connectivity index (χ1) is 19.4. The van der Waals surface area contributed by atoms with Crippen LogP contribution < -0.4 is 10.0 Å². The number of alkyl halides is 3. The molecule has 2 aromatic carbocycles. The topological polar surface area (TPSA) is 113 Å². The van der Waals surface area contributed by atoms with Crippen molar-refractivity contribution in [2.45, 2.75) is 105 Å². The number of nitrogens with one attached hydrogen (secondary N) is 2. The number of carboxylic acid groups (broad SMARTS) is 1. The Labute approximate surface area is 239 Å². The molecule has 0 aromatic heterocycles. The van der Waals surface area contributed by atoms with Gasteiger partial charge in [-0.3, -0.25) is 9.52 Å². The van der Waals surface area contributed by atoms with Crippen LogP contribution in [0.3, 0.4) is 0 Å². The number of amides is 1. The molecule has 0 radical (unpaired) electrons. The molecule has 7 nitrogen and oxygen atoms in total. The molecule has 3 N–H and O–H groups in total. The van der Waals surface area contributed by atoms with Crippen molar-refractivity contribution in [2.75, 3.05) is 4.72 Å². The van der Waals surface area contributed by atoms with Gasteiger partial charge < -0.3 is 10.4 Å². The zero-order valence-electron chi connectivity index (χ0n) is 22.9. The smallest absolute Gasteiger partial charge is 0.475 e. The van der Waals surface area contributed by atoms with Crippen molar-refractivity contribution in [1.29, 1.82) is 0 Å². The Balaban J connectivity index is 0.000000493. The van der Waals surface area contributed by atoms with Crippen molar-refractivity contribution < 1.29 is 36.3 Å². The van der Waals surface area contributed by atoms with Gasteiger partial charge in [-0.2, -0.15) is 13.2 Å². The lowest BCUT2D eigenvalue weighted by atomic mass is 9.84. The summed E-state index contributed by atoms with van der Waals surface area (Å²) in [5, 5.41) is 10.4. The molecular formula is C30H37F3N2O5S. The van der Waals surface area contributed by atoms with Gasteiger partial charge in [-0.15, -0.1) is 0 Å². The summed E-state index contributed by atoms with van der Waals surface area (Å²) >= 11 is 0. The second kappa shape index (κ2) is 12.8. The van der Waals surface area contributed by atoms with E-state index in [1.165, 1.54) is 56.9 Å². The van der Waals surface area contributed by atoms with Gasteiger partial charge in [-0.05, 0) is 79.8 Å². The second-order valence-electron chi connectivity index (χ2n) is 11.3. The van der Waals surface area contributed by atoms with Gasteiger partial charge >= 0.3 is 12.1 Å². The summed E-state index contributed by atoms with van der Waals surface area (Å²) in [6.07, 6.45) is 8.61. The predicted molar refractivity (Wildman–Crippen MR) is 149 cm³/mol. The summed E-state index contributed by atoms with van der Waals surface area (Å²) in [7, 11) is -3.66. The Morgan fingerprint density at radius 1 is 0.805 bits per heavy atom. The number of benzene rings is 2. The standard InChI is InChI=1S/C28H36N2O3S.C2HF3O2/c31-27(29-24-9-5-2-6-10-24)28(19-20-28)23-13-15-25(16-14-23)30-34(32,33)26-17-11-22(12-18-26)21-7-3-1-4-8-21;3-2(4,5)1(6)7/h11-18,21,24,30H,1-10,19-20H2,(H,29,31);(H,6,7). The van der Waals surface area contributed by atoms with Crippen molar-refractivity contribution in [2.24, 2.45) is 0 Å². The first kappa shape index (κ1) is 30.9. The Kier molecular flexibility index (Phi) is 9.66. The number of hydrogen-bond donors (Lipinski definition) is 3. The fourth-order valence-corrected chi connectivity index (χ4v) is 6.83. The highest BCUT2D eigenvalue weighted by molar-refractivity contribution is 7.92. The lowest BCUT2D eigenvalue weighted by Crippen LogP contribution is -2.42. The van der Waals surface area contributed by atoms with Crippen LogP contribution in [-0.2, 0) is 25.0 Å². The molecule has 3 aliphatic rings. The van der Waals surface area contributed by atoms with Crippen LogP contribution in [0.15, 0.2) is 53.4 Å². The highest BCUT2D eigenvalue weighted by Gasteiger charge is 2.51. The average Bonchev–Trinajstić information content (AvgIpc) is 3.77. The Morgan fingerprint density at radius 3 is 1.80 bits per heavy atom. The number of halogens is 3. The Bertz CT molecular complexity index is 1300. The van der Waals surface area contributed by atoms with Crippen LogP contribution >= 0.6 is 0 Å². The largest absolute Gasteiger partial charge is 0.490 e. The van der Waals surface area contributed by atoms with Crippen LogP contribution in [0.1, 0.15) is 94.1 Å². The van der Waals surface area contributed by atoms with Crippen LogP contribution in [0.25, 0.3) is 0 Å². The summed E-state index contributed by atoms with van der Waals surface area (Å²) < 4.78 is 60.3. The molecule has 0 saturated heterocycles. The minimum Gasteiger partial charge on any atom is -0.475 e. The van der Waals surface area contributed by atoms with Gasteiger partial charge in [0.2, 0.25) is 5.91 Å². The average molecular weight is 595 g/mol. The molecule has 3 aliphatic carbocycles. The van der Waals surface area contributed by atoms with E-state index in [9.17, 15) is 26.4 Å². The number of sulfonamides is 1. The normalized spacial score (nSPS) is 19.4. The van der Waals surface area contributed by atoms with Crippen molar-refractivity contribution >= 4 is 27.6 Å². The molecule has 0 atom stereocenters. The minimum absolute atomic E-state index is 0.130. The monoisotopic (exact) mass is 594 g/mol. The molecule has 0 unspecified atom stereocenters. The first-order valence-corrected chi connectivity index (χ1v) is 15.7. The molecule has 41 heavy (non-hydrogen) atoms. The van der Waals surface area contributed by atoms with Crippen molar-refractivity contribution in [3.05, 3.63) is 59.7 Å². The highest BCUT2D eigenvalue weighted by Crippen LogP contribution is 2.49. The number of rotatable bonds is 7. The maximum absolute atomic E-state index is 13.0. The lowest BCUT2D eigenvalue weighted by molar-refractivity contribution is -0.192. The maximum Gasteiger partial charge on any atom is 0.490 e. The molecule has 0 heterocycles. The van der Waals surface area contributed by atoms with E-state index < -0.39 is 27.6 Å². The van der Waals surface area contributed by atoms with E-state index in [2.05, 4.69) is 10.0 Å². The molecule has 11 heteroatoms. The lowest BCUT2D eigenvalue weighted by Gasteiger charge is -2.25. The molecular weight excluding hydrogens is 557 g/mol. The molecule has 224 valence electrons. The van der Waals surface area contributed by atoms with Gasteiger partial charge in [0, 0.05) is 11.7 Å². The van der Waals surface area contributed by atoms with Crippen LogP contribution in [-0.4, -0.2) is 37.6 Å². The van der Waals surface area contributed by atoms with E-state index in [1.807, 2.05) is 24.3 Å². The molecule has 0 aliphatic heterocycles.